The smallest absolute Gasteiger partial charge is 0.274 e. The number of amides is 2. The van der Waals surface area contributed by atoms with Gasteiger partial charge in [-0.15, -0.1) is 0 Å². The average Bonchev–Trinajstić information content (AvgIpc) is 3.18. The molecule has 0 spiro atoms. The molecule has 7 nitrogen and oxygen atoms in total. The fraction of sp³-hybridized carbons (Fsp3) is 0.471. The second-order valence-corrected chi connectivity index (χ2v) is 8.91. The zero-order chi connectivity index (χ0) is 17.6. The van der Waals surface area contributed by atoms with Gasteiger partial charge in [0, 0.05) is 25.1 Å². The van der Waals surface area contributed by atoms with Crippen molar-refractivity contribution in [2.75, 3.05) is 23.0 Å². The Labute approximate surface area is 146 Å². The van der Waals surface area contributed by atoms with Gasteiger partial charge in [-0.1, -0.05) is 18.2 Å². The van der Waals surface area contributed by atoms with E-state index in [0.717, 1.165) is 17.7 Å². The molecule has 4 rings (SSSR count). The molecule has 3 aliphatic heterocycles. The first-order valence-corrected chi connectivity index (χ1v) is 10.3. The number of hydrazone groups is 1. The minimum Gasteiger partial charge on any atom is -0.307 e. The van der Waals surface area contributed by atoms with E-state index < -0.39 is 15.9 Å². The first-order valence-electron chi connectivity index (χ1n) is 8.44. The van der Waals surface area contributed by atoms with Crippen LogP contribution in [0.5, 0.6) is 0 Å². The zero-order valence-corrected chi connectivity index (χ0v) is 14.5. The van der Waals surface area contributed by atoms with Gasteiger partial charge in [-0.25, -0.2) is 13.4 Å². The summed E-state index contributed by atoms with van der Waals surface area (Å²) in [7, 11) is -3.12. The van der Waals surface area contributed by atoms with Crippen molar-refractivity contribution in [1.82, 2.24) is 5.01 Å². The number of carbonyl (C=O) groups excluding carboxylic acids is 2. The molecule has 1 aromatic rings. The lowest BCUT2D eigenvalue weighted by atomic mass is 10.1. The molecular weight excluding hydrogens is 342 g/mol. The van der Waals surface area contributed by atoms with Crippen LogP contribution in [-0.4, -0.2) is 55.0 Å². The predicted molar refractivity (Wildman–Crippen MR) is 93.1 cm³/mol. The highest BCUT2D eigenvalue weighted by atomic mass is 32.2. The Hall–Kier alpha value is -2.22. The molecule has 25 heavy (non-hydrogen) atoms. The summed E-state index contributed by atoms with van der Waals surface area (Å²) in [6.07, 6.45) is 1.67. The van der Waals surface area contributed by atoms with Crippen LogP contribution in [0.3, 0.4) is 0 Å². The second kappa shape index (κ2) is 5.94. The number of anilines is 1. The molecule has 0 bridgehead atoms. The Kier molecular flexibility index (Phi) is 3.87. The van der Waals surface area contributed by atoms with Crippen molar-refractivity contribution in [3.05, 3.63) is 29.8 Å². The van der Waals surface area contributed by atoms with Gasteiger partial charge in [0.2, 0.25) is 5.91 Å². The lowest BCUT2D eigenvalue weighted by molar-refractivity contribution is -0.133. The number of hydrogen-bond donors (Lipinski definition) is 0. The molecule has 3 heterocycles. The molecule has 1 atom stereocenters. The van der Waals surface area contributed by atoms with E-state index in [1.165, 1.54) is 5.01 Å². The van der Waals surface area contributed by atoms with E-state index in [0.29, 0.717) is 25.1 Å². The number of hydrogen-bond acceptors (Lipinski definition) is 5. The summed E-state index contributed by atoms with van der Waals surface area (Å²) in [6.45, 7) is 0.600. The molecule has 0 unspecified atom stereocenters. The summed E-state index contributed by atoms with van der Waals surface area (Å²) >= 11 is 0. The number of benzene rings is 1. The molecule has 1 saturated heterocycles. The summed E-state index contributed by atoms with van der Waals surface area (Å²) < 4.78 is 23.4. The average molecular weight is 361 g/mol. The summed E-state index contributed by atoms with van der Waals surface area (Å²) in [5.74, 6) is -0.403. The van der Waals surface area contributed by atoms with Gasteiger partial charge < -0.3 is 4.90 Å². The number of rotatable bonds is 2. The molecule has 132 valence electrons. The van der Waals surface area contributed by atoms with Crippen LogP contribution in [0.15, 0.2) is 29.4 Å². The second-order valence-electron chi connectivity index (χ2n) is 6.68. The largest absolute Gasteiger partial charge is 0.307 e. The van der Waals surface area contributed by atoms with Gasteiger partial charge in [0.05, 0.1) is 17.5 Å². The quantitative estimate of drug-likeness (QED) is 0.777. The van der Waals surface area contributed by atoms with Crippen LogP contribution in [0, 0.1) is 0 Å². The van der Waals surface area contributed by atoms with E-state index in [1.54, 1.807) is 4.90 Å². The van der Waals surface area contributed by atoms with Gasteiger partial charge in [-0.05, 0) is 24.5 Å². The van der Waals surface area contributed by atoms with Crippen molar-refractivity contribution in [3.8, 4) is 0 Å². The molecule has 1 aromatic carbocycles. The monoisotopic (exact) mass is 361 g/mol. The van der Waals surface area contributed by atoms with Crippen LogP contribution in [-0.2, 0) is 25.8 Å². The minimum absolute atomic E-state index is 0.0692. The van der Waals surface area contributed by atoms with E-state index >= 15 is 0 Å². The maximum absolute atomic E-state index is 12.9. The molecule has 3 aliphatic rings. The van der Waals surface area contributed by atoms with Crippen molar-refractivity contribution < 1.29 is 18.0 Å². The summed E-state index contributed by atoms with van der Waals surface area (Å²) in [5.41, 5.74) is 2.35. The van der Waals surface area contributed by atoms with E-state index in [2.05, 4.69) is 5.10 Å². The van der Waals surface area contributed by atoms with E-state index in [4.69, 9.17) is 0 Å². The van der Waals surface area contributed by atoms with Crippen LogP contribution >= 0.6 is 0 Å². The molecule has 1 fully saturated rings. The minimum atomic E-state index is -3.12. The van der Waals surface area contributed by atoms with E-state index in [1.807, 2.05) is 24.3 Å². The van der Waals surface area contributed by atoms with Crippen LogP contribution in [0.1, 0.15) is 24.8 Å². The Balaban J connectivity index is 1.59. The third-order valence-electron chi connectivity index (χ3n) is 4.99. The lowest BCUT2D eigenvalue weighted by Crippen LogP contribution is -2.44. The Morgan fingerprint density at radius 2 is 1.96 bits per heavy atom. The first-order chi connectivity index (χ1) is 11.9. The van der Waals surface area contributed by atoms with Crippen molar-refractivity contribution >= 4 is 33.1 Å². The standard InChI is InChI=1S/C17H19N3O4S/c21-16-6-5-14(18-20(16)13-8-10-25(23,24)11-13)17(22)19-9-7-12-3-1-2-4-15(12)19/h1-4,13H,5-11H2/t13-/m0/s1. The Morgan fingerprint density at radius 1 is 1.16 bits per heavy atom. The highest BCUT2D eigenvalue weighted by molar-refractivity contribution is 7.91. The Morgan fingerprint density at radius 3 is 2.72 bits per heavy atom. The number of nitrogens with zero attached hydrogens (tertiary/aromatic N) is 3. The molecule has 0 N–H and O–H groups in total. The van der Waals surface area contributed by atoms with Gasteiger partial charge in [-0.3, -0.25) is 9.59 Å². The van der Waals surface area contributed by atoms with Crippen molar-refractivity contribution in [2.45, 2.75) is 31.7 Å². The fourth-order valence-electron chi connectivity index (χ4n) is 3.68. The number of para-hydroxylation sites is 1. The topological polar surface area (TPSA) is 87.1 Å². The molecule has 2 amide bonds. The van der Waals surface area contributed by atoms with Gasteiger partial charge in [0.1, 0.15) is 5.71 Å². The van der Waals surface area contributed by atoms with Gasteiger partial charge in [0.25, 0.3) is 5.91 Å². The molecule has 0 radical (unpaired) electrons. The van der Waals surface area contributed by atoms with Gasteiger partial charge >= 0.3 is 0 Å². The lowest BCUT2D eigenvalue weighted by Gasteiger charge is -2.29. The highest BCUT2D eigenvalue weighted by Crippen LogP contribution is 2.29. The van der Waals surface area contributed by atoms with Gasteiger partial charge in [-0.2, -0.15) is 5.10 Å². The maximum Gasteiger partial charge on any atom is 0.274 e. The number of fused-ring (bicyclic) bond motifs is 1. The summed E-state index contributed by atoms with van der Waals surface area (Å²) in [4.78, 5) is 26.8. The Bertz CT molecular complexity index is 878. The van der Waals surface area contributed by atoms with Crippen LogP contribution in [0.2, 0.25) is 0 Å². The summed E-state index contributed by atoms with van der Waals surface area (Å²) in [6, 6.07) is 7.31. The number of carbonyl (C=O) groups is 2. The van der Waals surface area contributed by atoms with Gasteiger partial charge in [0.15, 0.2) is 9.84 Å². The number of sulfone groups is 1. The molecule has 0 aliphatic carbocycles. The van der Waals surface area contributed by atoms with E-state index in [-0.39, 0.29) is 29.7 Å². The molecule has 8 heteroatoms. The maximum atomic E-state index is 12.9. The van der Waals surface area contributed by atoms with Crippen molar-refractivity contribution in [3.63, 3.8) is 0 Å². The zero-order valence-electron chi connectivity index (χ0n) is 13.7. The van der Waals surface area contributed by atoms with E-state index in [9.17, 15) is 18.0 Å². The fourth-order valence-corrected chi connectivity index (χ4v) is 5.38. The van der Waals surface area contributed by atoms with Crippen LogP contribution in [0.4, 0.5) is 5.69 Å². The normalized spacial score (nSPS) is 25.0. The molecule has 0 aromatic heterocycles. The third-order valence-corrected chi connectivity index (χ3v) is 6.74. The third kappa shape index (κ3) is 2.95. The van der Waals surface area contributed by atoms with Crippen LogP contribution in [0.25, 0.3) is 0 Å². The SMILES string of the molecule is O=C(C1=NN([C@H]2CCS(=O)(=O)C2)C(=O)CC1)N1CCc2ccccc21. The van der Waals surface area contributed by atoms with Crippen molar-refractivity contribution in [1.29, 1.82) is 0 Å². The van der Waals surface area contributed by atoms with Crippen molar-refractivity contribution in [2.24, 2.45) is 5.10 Å². The van der Waals surface area contributed by atoms with Crippen LogP contribution < -0.4 is 4.90 Å². The molecule has 0 saturated carbocycles. The highest BCUT2D eigenvalue weighted by Gasteiger charge is 2.38. The molecular formula is C17H19N3O4S. The predicted octanol–water partition coefficient (Wildman–Crippen LogP) is 0.741. The first kappa shape index (κ1) is 16.3. The summed E-state index contributed by atoms with van der Waals surface area (Å²) in [5, 5.41) is 5.51.